The van der Waals surface area contributed by atoms with E-state index in [1.807, 2.05) is 50.6 Å². The van der Waals surface area contributed by atoms with Crippen LogP contribution in [-0.4, -0.2) is 76.6 Å². The van der Waals surface area contributed by atoms with Gasteiger partial charge in [-0.3, -0.25) is 4.79 Å². The molecule has 2 amide bonds. The summed E-state index contributed by atoms with van der Waals surface area (Å²) in [5.74, 6) is 1.26. The Morgan fingerprint density at radius 2 is 1.90 bits per heavy atom. The Labute approximate surface area is 246 Å². The third-order valence-electron chi connectivity index (χ3n) is 7.60. The monoisotopic (exact) mass is 575 g/mol. The van der Waals surface area contributed by atoms with Gasteiger partial charge in [-0.05, 0) is 64.3 Å². The summed E-state index contributed by atoms with van der Waals surface area (Å²) in [6.45, 7) is 7.96. The van der Waals surface area contributed by atoms with Crippen LogP contribution in [0.2, 0.25) is 0 Å². The SMILES string of the molecule is COCCCn1c(-c2nc3cc(C(=O)N4CCC[C@@H](NC(=O)OC(C)(C)C)C4)cc(OC)c3n2C)cc2ccccc21. The Balaban J connectivity index is 1.46. The Kier molecular flexibility index (Phi) is 8.45. The number of carbonyl (C=O) groups excluding carboxylic acids is 2. The first-order valence-electron chi connectivity index (χ1n) is 14.5. The number of benzene rings is 2. The lowest BCUT2D eigenvalue weighted by Gasteiger charge is -2.33. The number of alkyl carbamates (subject to hydrolysis) is 1. The maximum absolute atomic E-state index is 13.7. The summed E-state index contributed by atoms with van der Waals surface area (Å²) in [7, 11) is 5.30. The molecular weight excluding hydrogens is 534 g/mol. The maximum Gasteiger partial charge on any atom is 0.407 e. The van der Waals surface area contributed by atoms with Gasteiger partial charge in [0, 0.05) is 62.9 Å². The van der Waals surface area contributed by atoms with E-state index < -0.39 is 11.7 Å². The van der Waals surface area contributed by atoms with Crippen molar-refractivity contribution in [3.8, 4) is 17.3 Å². The summed E-state index contributed by atoms with van der Waals surface area (Å²) in [6.07, 6.45) is 1.97. The number of hydrogen-bond donors (Lipinski definition) is 1. The minimum atomic E-state index is -0.583. The number of nitrogens with zero attached hydrogens (tertiary/aromatic N) is 4. The predicted molar refractivity (Wildman–Crippen MR) is 163 cm³/mol. The van der Waals surface area contributed by atoms with Gasteiger partial charge in [0.2, 0.25) is 0 Å². The largest absolute Gasteiger partial charge is 0.494 e. The van der Waals surface area contributed by atoms with Gasteiger partial charge >= 0.3 is 6.09 Å². The fraction of sp³-hybridized carbons (Fsp3) is 0.469. The van der Waals surface area contributed by atoms with Gasteiger partial charge in [0.25, 0.3) is 5.91 Å². The summed E-state index contributed by atoms with van der Waals surface area (Å²) in [5.41, 5.74) is 3.55. The second-order valence-electron chi connectivity index (χ2n) is 11.9. The van der Waals surface area contributed by atoms with Gasteiger partial charge in [-0.1, -0.05) is 18.2 Å². The Bertz CT molecular complexity index is 1600. The molecule has 3 heterocycles. The van der Waals surface area contributed by atoms with Crippen LogP contribution in [0.25, 0.3) is 33.5 Å². The molecule has 0 bridgehead atoms. The summed E-state index contributed by atoms with van der Waals surface area (Å²) < 4.78 is 20.8. The van der Waals surface area contributed by atoms with Crippen LogP contribution in [-0.2, 0) is 23.1 Å². The van der Waals surface area contributed by atoms with Gasteiger partial charge in [-0.2, -0.15) is 0 Å². The second-order valence-corrected chi connectivity index (χ2v) is 11.9. The number of aromatic nitrogens is 3. The molecule has 224 valence electrons. The molecule has 0 spiro atoms. The van der Waals surface area contributed by atoms with Gasteiger partial charge in [-0.15, -0.1) is 0 Å². The number of ether oxygens (including phenoxy) is 3. The van der Waals surface area contributed by atoms with E-state index in [9.17, 15) is 9.59 Å². The first kappa shape index (κ1) is 29.4. The standard InChI is InChI=1S/C32H41N5O5/c1-32(2,3)42-31(39)33-23-12-9-14-36(20-23)30(38)22-17-24-28(27(19-22)41-6)35(4)29(34-24)26-18-21-11-7-8-13-25(21)37(26)15-10-16-40-5/h7-8,11,13,17-19,23H,9-10,12,14-16,20H2,1-6H3,(H,33,39)/t23-/m1/s1. The topological polar surface area (TPSA) is 99.9 Å². The van der Waals surface area contributed by atoms with Crippen molar-refractivity contribution in [1.82, 2.24) is 24.3 Å². The first-order valence-corrected chi connectivity index (χ1v) is 14.5. The molecule has 2 aromatic heterocycles. The quantitative estimate of drug-likeness (QED) is 0.284. The number of hydrogen-bond acceptors (Lipinski definition) is 6. The molecule has 42 heavy (non-hydrogen) atoms. The molecule has 4 aromatic rings. The minimum absolute atomic E-state index is 0.119. The number of methoxy groups -OCH3 is 2. The highest BCUT2D eigenvalue weighted by Gasteiger charge is 2.29. The second kappa shape index (κ2) is 12.1. The summed E-state index contributed by atoms with van der Waals surface area (Å²) in [6, 6.07) is 13.9. The van der Waals surface area contributed by atoms with E-state index in [2.05, 4.69) is 28.1 Å². The zero-order valence-corrected chi connectivity index (χ0v) is 25.4. The molecule has 1 atom stereocenters. The van der Waals surface area contributed by atoms with Crippen LogP contribution in [0.15, 0.2) is 42.5 Å². The zero-order chi connectivity index (χ0) is 30.0. The summed E-state index contributed by atoms with van der Waals surface area (Å²) in [4.78, 5) is 32.9. The Hall–Kier alpha value is -4.05. The van der Waals surface area contributed by atoms with E-state index in [1.165, 1.54) is 0 Å². The van der Waals surface area contributed by atoms with Crippen LogP contribution in [0.3, 0.4) is 0 Å². The number of likely N-dealkylation sites (tertiary alicyclic amines) is 1. The van der Waals surface area contributed by atoms with E-state index in [0.717, 1.165) is 53.7 Å². The van der Waals surface area contributed by atoms with Crippen molar-refractivity contribution in [3.63, 3.8) is 0 Å². The molecule has 1 N–H and O–H groups in total. The van der Waals surface area contributed by atoms with E-state index >= 15 is 0 Å². The van der Waals surface area contributed by atoms with E-state index in [0.29, 0.717) is 36.5 Å². The van der Waals surface area contributed by atoms with Crippen LogP contribution < -0.4 is 10.1 Å². The lowest BCUT2D eigenvalue weighted by molar-refractivity contribution is 0.0452. The van der Waals surface area contributed by atoms with Gasteiger partial charge in [0.15, 0.2) is 5.82 Å². The molecule has 0 aliphatic carbocycles. The van der Waals surface area contributed by atoms with Crippen molar-refractivity contribution in [2.45, 2.75) is 58.2 Å². The average molecular weight is 576 g/mol. The number of rotatable bonds is 8. The molecule has 0 unspecified atom stereocenters. The van der Waals surface area contributed by atoms with Crippen LogP contribution >= 0.6 is 0 Å². The fourth-order valence-electron chi connectivity index (χ4n) is 5.76. The molecule has 0 saturated carbocycles. The van der Waals surface area contributed by atoms with Gasteiger partial charge in [0.05, 0.1) is 18.3 Å². The van der Waals surface area contributed by atoms with Crippen LogP contribution in [0.5, 0.6) is 5.75 Å². The molecule has 5 rings (SSSR count). The molecular formula is C32H41N5O5. The molecule has 1 saturated heterocycles. The smallest absolute Gasteiger partial charge is 0.407 e. The Morgan fingerprint density at radius 1 is 1.12 bits per heavy atom. The lowest BCUT2D eigenvalue weighted by atomic mass is 10.0. The normalized spacial score (nSPS) is 15.8. The van der Waals surface area contributed by atoms with E-state index in [1.54, 1.807) is 25.2 Å². The number of aryl methyl sites for hydroxylation is 2. The van der Waals surface area contributed by atoms with E-state index in [-0.39, 0.29) is 11.9 Å². The first-order chi connectivity index (χ1) is 20.1. The molecule has 1 fully saturated rings. The number of para-hydroxylation sites is 1. The number of nitrogens with one attached hydrogen (secondary N) is 1. The van der Waals surface area contributed by atoms with Crippen LogP contribution in [0, 0.1) is 0 Å². The number of amides is 2. The zero-order valence-electron chi connectivity index (χ0n) is 25.4. The Morgan fingerprint density at radius 3 is 2.64 bits per heavy atom. The van der Waals surface area contributed by atoms with Crippen molar-refractivity contribution in [3.05, 3.63) is 48.0 Å². The molecule has 0 radical (unpaired) electrons. The lowest BCUT2D eigenvalue weighted by Crippen LogP contribution is -2.50. The van der Waals surface area contributed by atoms with Crippen LogP contribution in [0.1, 0.15) is 50.4 Å². The predicted octanol–water partition coefficient (Wildman–Crippen LogP) is 5.37. The van der Waals surface area contributed by atoms with Gasteiger partial charge in [0.1, 0.15) is 16.9 Å². The highest BCUT2D eigenvalue weighted by Crippen LogP contribution is 2.34. The van der Waals surface area contributed by atoms with Crippen LogP contribution in [0.4, 0.5) is 4.79 Å². The maximum atomic E-state index is 13.7. The number of piperidine rings is 1. The summed E-state index contributed by atoms with van der Waals surface area (Å²) in [5, 5.41) is 4.06. The van der Waals surface area contributed by atoms with Crippen molar-refractivity contribution < 1.29 is 23.8 Å². The highest BCUT2D eigenvalue weighted by molar-refractivity contribution is 6.00. The highest BCUT2D eigenvalue weighted by atomic mass is 16.6. The minimum Gasteiger partial charge on any atom is -0.494 e. The molecule has 10 heteroatoms. The van der Waals surface area contributed by atoms with E-state index in [4.69, 9.17) is 19.2 Å². The number of fused-ring (bicyclic) bond motifs is 2. The fourth-order valence-corrected chi connectivity index (χ4v) is 5.76. The molecule has 2 aromatic carbocycles. The molecule has 10 nitrogen and oxygen atoms in total. The summed E-state index contributed by atoms with van der Waals surface area (Å²) >= 11 is 0. The molecule has 1 aliphatic rings. The molecule has 1 aliphatic heterocycles. The average Bonchev–Trinajstić information content (AvgIpc) is 3.48. The van der Waals surface area contributed by atoms with Crippen molar-refractivity contribution in [2.24, 2.45) is 7.05 Å². The third kappa shape index (κ3) is 6.09. The van der Waals surface area contributed by atoms with Gasteiger partial charge < -0.3 is 33.6 Å². The van der Waals surface area contributed by atoms with Gasteiger partial charge in [-0.25, -0.2) is 9.78 Å². The third-order valence-corrected chi connectivity index (χ3v) is 7.60. The van der Waals surface area contributed by atoms with Crippen molar-refractivity contribution in [2.75, 3.05) is 33.9 Å². The van der Waals surface area contributed by atoms with Crippen molar-refractivity contribution in [1.29, 1.82) is 0 Å². The van der Waals surface area contributed by atoms with Crippen molar-refractivity contribution >= 4 is 33.9 Å². The number of carbonyl (C=O) groups is 2. The number of imidazole rings is 1.